The van der Waals surface area contributed by atoms with Gasteiger partial charge in [0.2, 0.25) is 0 Å². The molecule has 1 atom stereocenters. The van der Waals surface area contributed by atoms with Crippen LogP contribution in [0.2, 0.25) is 0 Å². The Labute approximate surface area is 132 Å². The van der Waals surface area contributed by atoms with Gasteiger partial charge in [-0.05, 0) is 29.2 Å². The molecule has 0 amide bonds. The van der Waals surface area contributed by atoms with Crippen LogP contribution < -0.4 is 0 Å². The zero-order valence-corrected chi connectivity index (χ0v) is 13.2. The van der Waals surface area contributed by atoms with Gasteiger partial charge in [-0.1, -0.05) is 56.3 Å². The summed E-state index contributed by atoms with van der Waals surface area (Å²) in [6, 6.07) is 16.3. The van der Waals surface area contributed by atoms with Gasteiger partial charge in [-0.25, -0.2) is 4.39 Å². The lowest BCUT2D eigenvalue weighted by Crippen LogP contribution is -2.31. The fourth-order valence-corrected chi connectivity index (χ4v) is 2.59. The molecule has 1 N–H and O–H groups in total. The minimum atomic E-state index is -0.514. The lowest BCUT2D eigenvalue weighted by Gasteiger charge is -2.27. The number of benzene rings is 2. The second kappa shape index (κ2) is 8.06. The van der Waals surface area contributed by atoms with Crippen LogP contribution in [-0.4, -0.2) is 23.1 Å². The molecular weight excluding hydrogens is 277 g/mol. The van der Waals surface area contributed by atoms with E-state index in [4.69, 9.17) is 0 Å². The maximum absolute atomic E-state index is 13.0. The number of rotatable bonds is 7. The summed E-state index contributed by atoms with van der Waals surface area (Å²) >= 11 is 0. The lowest BCUT2D eigenvalue weighted by atomic mass is 10.1. The highest BCUT2D eigenvalue weighted by atomic mass is 19.1. The minimum absolute atomic E-state index is 0.219. The van der Waals surface area contributed by atoms with Crippen molar-refractivity contribution in [3.05, 3.63) is 71.5 Å². The number of aliphatic hydroxyl groups is 1. The smallest absolute Gasteiger partial charge is 0.123 e. The molecular formula is C19H24FNO. The van der Waals surface area contributed by atoms with Gasteiger partial charge in [0.15, 0.2) is 0 Å². The van der Waals surface area contributed by atoms with E-state index in [-0.39, 0.29) is 5.82 Å². The monoisotopic (exact) mass is 301 g/mol. The first-order chi connectivity index (χ1) is 10.5. The third-order valence-corrected chi connectivity index (χ3v) is 3.56. The molecule has 0 aliphatic carbocycles. The summed E-state index contributed by atoms with van der Waals surface area (Å²) in [5.41, 5.74) is 1.98. The Hall–Kier alpha value is -1.71. The molecule has 0 saturated heterocycles. The van der Waals surface area contributed by atoms with E-state index in [2.05, 4.69) is 18.7 Å². The molecule has 0 saturated carbocycles. The number of halogens is 1. The standard InChI is InChI=1S/C19H24FNO/c1-15(2)12-21(13-16-8-10-18(20)11-9-16)14-19(22)17-6-4-3-5-7-17/h3-11,15,19,22H,12-14H2,1-2H3/t19-/m1/s1. The number of nitrogens with zero attached hydrogens (tertiary/aromatic N) is 1. The largest absolute Gasteiger partial charge is 0.387 e. The van der Waals surface area contributed by atoms with Gasteiger partial charge in [0, 0.05) is 19.6 Å². The van der Waals surface area contributed by atoms with Gasteiger partial charge in [0.25, 0.3) is 0 Å². The van der Waals surface area contributed by atoms with Crippen molar-refractivity contribution in [3.63, 3.8) is 0 Å². The van der Waals surface area contributed by atoms with Gasteiger partial charge in [-0.2, -0.15) is 0 Å². The summed E-state index contributed by atoms with van der Waals surface area (Å²) in [7, 11) is 0. The van der Waals surface area contributed by atoms with E-state index in [0.717, 1.165) is 17.7 Å². The number of aliphatic hydroxyl groups excluding tert-OH is 1. The Kier molecular flexibility index (Phi) is 6.10. The van der Waals surface area contributed by atoms with E-state index in [1.165, 1.54) is 12.1 Å². The first-order valence-electron chi connectivity index (χ1n) is 7.74. The molecule has 118 valence electrons. The second-order valence-corrected chi connectivity index (χ2v) is 6.14. The highest BCUT2D eigenvalue weighted by Crippen LogP contribution is 2.17. The summed E-state index contributed by atoms with van der Waals surface area (Å²) in [6.45, 7) is 6.49. The zero-order chi connectivity index (χ0) is 15.9. The van der Waals surface area contributed by atoms with Crippen LogP contribution in [0.15, 0.2) is 54.6 Å². The average Bonchev–Trinajstić information content (AvgIpc) is 2.50. The van der Waals surface area contributed by atoms with Crippen LogP contribution >= 0.6 is 0 Å². The van der Waals surface area contributed by atoms with E-state index in [0.29, 0.717) is 19.0 Å². The summed E-state index contributed by atoms with van der Waals surface area (Å²) in [5.74, 6) is 0.284. The van der Waals surface area contributed by atoms with Crippen molar-refractivity contribution in [3.8, 4) is 0 Å². The van der Waals surface area contributed by atoms with Gasteiger partial charge < -0.3 is 5.11 Å². The van der Waals surface area contributed by atoms with E-state index < -0.39 is 6.10 Å². The summed E-state index contributed by atoms with van der Waals surface area (Å²) < 4.78 is 13.0. The molecule has 2 aromatic carbocycles. The van der Waals surface area contributed by atoms with Crippen LogP contribution in [0, 0.1) is 11.7 Å². The van der Waals surface area contributed by atoms with Gasteiger partial charge in [0.05, 0.1) is 6.10 Å². The van der Waals surface area contributed by atoms with Gasteiger partial charge >= 0.3 is 0 Å². The fourth-order valence-electron chi connectivity index (χ4n) is 2.59. The summed E-state index contributed by atoms with van der Waals surface area (Å²) in [4.78, 5) is 2.22. The molecule has 2 rings (SSSR count). The molecule has 0 aliphatic rings. The Morgan fingerprint density at radius 3 is 2.18 bits per heavy atom. The van der Waals surface area contributed by atoms with E-state index in [1.807, 2.05) is 30.3 Å². The van der Waals surface area contributed by atoms with Crippen molar-refractivity contribution in [2.24, 2.45) is 5.92 Å². The Morgan fingerprint density at radius 1 is 0.955 bits per heavy atom. The highest BCUT2D eigenvalue weighted by Gasteiger charge is 2.15. The number of hydrogen-bond acceptors (Lipinski definition) is 2. The third kappa shape index (κ3) is 5.24. The van der Waals surface area contributed by atoms with Crippen molar-refractivity contribution in [2.45, 2.75) is 26.5 Å². The normalized spacial score (nSPS) is 12.8. The molecule has 22 heavy (non-hydrogen) atoms. The highest BCUT2D eigenvalue weighted by molar-refractivity contribution is 5.18. The van der Waals surface area contributed by atoms with Crippen molar-refractivity contribution in [1.82, 2.24) is 4.90 Å². The van der Waals surface area contributed by atoms with Crippen LogP contribution in [0.5, 0.6) is 0 Å². The van der Waals surface area contributed by atoms with Crippen LogP contribution in [0.25, 0.3) is 0 Å². The van der Waals surface area contributed by atoms with Crippen LogP contribution in [-0.2, 0) is 6.54 Å². The van der Waals surface area contributed by atoms with Crippen LogP contribution in [0.3, 0.4) is 0 Å². The molecule has 2 nitrogen and oxygen atoms in total. The van der Waals surface area contributed by atoms with E-state index in [9.17, 15) is 9.50 Å². The number of hydrogen-bond donors (Lipinski definition) is 1. The maximum Gasteiger partial charge on any atom is 0.123 e. The molecule has 0 aromatic heterocycles. The third-order valence-electron chi connectivity index (χ3n) is 3.56. The van der Waals surface area contributed by atoms with Gasteiger partial charge in [-0.15, -0.1) is 0 Å². The topological polar surface area (TPSA) is 23.5 Å². The Bertz CT molecular complexity index is 553. The van der Waals surface area contributed by atoms with Crippen molar-refractivity contribution in [1.29, 1.82) is 0 Å². The Balaban J connectivity index is 2.04. The predicted molar refractivity (Wildman–Crippen MR) is 87.9 cm³/mol. The molecule has 0 bridgehead atoms. The van der Waals surface area contributed by atoms with Crippen LogP contribution in [0.4, 0.5) is 4.39 Å². The quantitative estimate of drug-likeness (QED) is 0.835. The van der Waals surface area contributed by atoms with Gasteiger partial charge in [-0.3, -0.25) is 4.90 Å². The lowest BCUT2D eigenvalue weighted by molar-refractivity contribution is 0.102. The molecule has 2 aromatic rings. The van der Waals surface area contributed by atoms with Crippen LogP contribution in [0.1, 0.15) is 31.1 Å². The maximum atomic E-state index is 13.0. The summed E-state index contributed by atoms with van der Waals surface area (Å²) in [6.07, 6.45) is -0.514. The average molecular weight is 301 g/mol. The van der Waals surface area contributed by atoms with Gasteiger partial charge in [0.1, 0.15) is 5.82 Å². The molecule has 0 unspecified atom stereocenters. The van der Waals surface area contributed by atoms with Crippen molar-refractivity contribution in [2.75, 3.05) is 13.1 Å². The molecule has 0 aliphatic heterocycles. The SMILES string of the molecule is CC(C)CN(Cc1ccc(F)cc1)C[C@@H](O)c1ccccc1. The predicted octanol–water partition coefficient (Wildman–Crippen LogP) is 4.02. The van der Waals surface area contributed by atoms with E-state index in [1.54, 1.807) is 12.1 Å². The summed E-state index contributed by atoms with van der Waals surface area (Å²) in [5, 5.41) is 10.4. The Morgan fingerprint density at radius 2 is 1.59 bits per heavy atom. The first-order valence-corrected chi connectivity index (χ1v) is 7.74. The second-order valence-electron chi connectivity index (χ2n) is 6.14. The first kappa shape index (κ1) is 16.7. The molecule has 0 heterocycles. The molecule has 0 fully saturated rings. The minimum Gasteiger partial charge on any atom is -0.387 e. The molecule has 0 spiro atoms. The molecule has 0 radical (unpaired) electrons. The molecule has 3 heteroatoms. The van der Waals surface area contributed by atoms with E-state index >= 15 is 0 Å². The van der Waals surface area contributed by atoms with Crippen molar-refractivity contribution < 1.29 is 9.50 Å². The fraction of sp³-hybridized carbons (Fsp3) is 0.368. The zero-order valence-electron chi connectivity index (χ0n) is 13.2. The van der Waals surface area contributed by atoms with Crippen molar-refractivity contribution >= 4 is 0 Å².